The molecule has 10 N–H and O–H groups in total. The lowest BCUT2D eigenvalue weighted by molar-refractivity contribution is -0.142. The number of H-pyrrole nitrogens is 1. The molecule has 0 aliphatic rings. The molecule has 5 unspecified atom stereocenters. The van der Waals surface area contributed by atoms with Crippen molar-refractivity contribution in [2.45, 2.75) is 69.3 Å². The molecule has 0 spiro atoms. The summed E-state index contributed by atoms with van der Waals surface area (Å²) >= 11 is 1.47. The van der Waals surface area contributed by atoms with Crippen LogP contribution in [0.15, 0.2) is 30.5 Å². The van der Waals surface area contributed by atoms with Crippen molar-refractivity contribution in [1.29, 1.82) is 0 Å². The summed E-state index contributed by atoms with van der Waals surface area (Å²) in [6, 6.07) is 2.94. The highest BCUT2D eigenvalue weighted by molar-refractivity contribution is 7.98. The van der Waals surface area contributed by atoms with E-state index in [0.717, 1.165) is 16.5 Å². The number of carboxylic acid groups (broad SMARTS) is 1. The first-order valence-electron chi connectivity index (χ1n) is 12.9. The van der Waals surface area contributed by atoms with Crippen LogP contribution in [0.1, 0.15) is 38.2 Å². The molecule has 0 bridgehead atoms. The van der Waals surface area contributed by atoms with Gasteiger partial charge in [0.2, 0.25) is 17.7 Å². The number of unbranched alkanes of at least 4 members (excludes halogenated alkanes) is 1. The van der Waals surface area contributed by atoms with Gasteiger partial charge < -0.3 is 42.6 Å². The summed E-state index contributed by atoms with van der Waals surface area (Å²) in [4.78, 5) is 54.0. The Bertz CT molecular complexity index is 1110. The van der Waals surface area contributed by atoms with Crippen molar-refractivity contribution in [1.82, 2.24) is 20.9 Å². The number of rotatable bonds is 17. The van der Waals surface area contributed by atoms with Gasteiger partial charge in [0.25, 0.3) is 0 Å². The predicted molar refractivity (Wildman–Crippen MR) is 151 cm³/mol. The van der Waals surface area contributed by atoms with Crippen LogP contribution in [0.4, 0.5) is 0 Å². The van der Waals surface area contributed by atoms with Gasteiger partial charge >= 0.3 is 5.97 Å². The minimum absolute atomic E-state index is 0.0399. The predicted octanol–water partition coefficient (Wildman–Crippen LogP) is -0.160. The highest BCUT2D eigenvalue weighted by atomic mass is 32.2. The van der Waals surface area contributed by atoms with E-state index in [0.29, 0.717) is 25.1 Å². The summed E-state index contributed by atoms with van der Waals surface area (Å²) < 4.78 is 0. The molecule has 1 aromatic heterocycles. The molecule has 5 atom stereocenters. The molecule has 0 saturated carbocycles. The number of carbonyl (C=O) groups is 4. The Balaban J connectivity index is 2.18. The van der Waals surface area contributed by atoms with E-state index in [4.69, 9.17) is 11.5 Å². The zero-order valence-corrected chi connectivity index (χ0v) is 23.1. The van der Waals surface area contributed by atoms with Crippen LogP contribution in [-0.4, -0.2) is 87.7 Å². The Morgan fingerprint density at radius 1 is 0.974 bits per heavy atom. The number of hydrogen-bond acceptors (Lipinski definition) is 8. The van der Waals surface area contributed by atoms with Gasteiger partial charge in [-0.15, -0.1) is 0 Å². The third kappa shape index (κ3) is 9.84. The highest BCUT2D eigenvalue weighted by Gasteiger charge is 2.31. The van der Waals surface area contributed by atoms with Crippen LogP contribution in [0.5, 0.6) is 0 Å². The normalized spacial score (nSPS) is 15.1. The van der Waals surface area contributed by atoms with Crippen molar-refractivity contribution >= 4 is 46.4 Å². The number of amides is 3. The van der Waals surface area contributed by atoms with Gasteiger partial charge in [0.15, 0.2) is 0 Å². The molecule has 216 valence electrons. The van der Waals surface area contributed by atoms with Gasteiger partial charge in [-0.2, -0.15) is 11.8 Å². The maximum Gasteiger partial charge on any atom is 0.326 e. The van der Waals surface area contributed by atoms with Gasteiger partial charge in [-0.25, -0.2) is 4.79 Å². The molecule has 39 heavy (non-hydrogen) atoms. The maximum absolute atomic E-state index is 13.3. The number of aromatic amines is 1. The fourth-order valence-corrected chi connectivity index (χ4v) is 4.49. The average molecular weight is 565 g/mol. The second-order valence-corrected chi connectivity index (χ2v) is 10.4. The Morgan fingerprint density at radius 2 is 1.59 bits per heavy atom. The van der Waals surface area contributed by atoms with Crippen LogP contribution < -0.4 is 27.4 Å². The van der Waals surface area contributed by atoms with Crippen molar-refractivity contribution in [3.05, 3.63) is 36.0 Å². The van der Waals surface area contributed by atoms with Gasteiger partial charge in [-0.3, -0.25) is 14.4 Å². The van der Waals surface area contributed by atoms with E-state index in [1.54, 1.807) is 6.20 Å². The van der Waals surface area contributed by atoms with Gasteiger partial charge in [0, 0.05) is 23.5 Å². The molecule has 2 aromatic rings. The number of thioether (sulfide) groups is 1. The third-order valence-corrected chi connectivity index (χ3v) is 7.00. The van der Waals surface area contributed by atoms with Gasteiger partial charge in [0.05, 0.1) is 6.10 Å². The summed E-state index contributed by atoms with van der Waals surface area (Å²) in [5.41, 5.74) is 12.9. The van der Waals surface area contributed by atoms with E-state index in [-0.39, 0.29) is 19.3 Å². The van der Waals surface area contributed by atoms with Crippen molar-refractivity contribution in [3.63, 3.8) is 0 Å². The number of nitrogens with two attached hydrogens (primary N) is 2. The van der Waals surface area contributed by atoms with Gasteiger partial charge in [0.1, 0.15) is 24.2 Å². The molecule has 1 aromatic carbocycles. The molecule has 0 aliphatic carbocycles. The van der Waals surface area contributed by atoms with Crippen molar-refractivity contribution in [2.24, 2.45) is 11.5 Å². The summed E-state index contributed by atoms with van der Waals surface area (Å²) in [7, 11) is 0. The van der Waals surface area contributed by atoms with Crippen molar-refractivity contribution < 1.29 is 29.4 Å². The lowest BCUT2D eigenvalue weighted by Gasteiger charge is -2.25. The minimum atomic E-state index is -1.23. The van der Waals surface area contributed by atoms with E-state index in [1.807, 2.05) is 30.5 Å². The largest absolute Gasteiger partial charge is 0.480 e. The number of aliphatic carboxylic acids is 1. The number of fused-ring (bicyclic) bond motifs is 1. The Labute approximate surface area is 232 Å². The summed E-state index contributed by atoms with van der Waals surface area (Å²) in [5.74, 6) is -2.62. The van der Waals surface area contributed by atoms with Crippen molar-refractivity contribution in [2.75, 3.05) is 18.6 Å². The lowest BCUT2D eigenvalue weighted by atomic mass is 10.0. The number of para-hydroxylation sites is 1. The topological polar surface area (TPSA) is 213 Å². The number of aliphatic hydroxyl groups is 1. The van der Waals surface area contributed by atoms with Crippen LogP contribution >= 0.6 is 11.8 Å². The fourth-order valence-electron chi connectivity index (χ4n) is 4.02. The van der Waals surface area contributed by atoms with Crippen LogP contribution in [0, 0.1) is 0 Å². The number of carboxylic acids is 1. The maximum atomic E-state index is 13.3. The van der Waals surface area contributed by atoms with E-state index in [9.17, 15) is 29.4 Å². The van der Waals surface area contributed by atoms with Gasteiger partial charge in [-0.05, 0) is 62.8 Å². The highest BCUT2D eigenvalue weighted by Crippen LogP contribution is 2.19. The first kappa shape index (κ1) is 32.1. The van der Waals surface area contributed by atoms with E-state index >= 15 is 0 Å². The molecule has 0 radical (unpaired) electrons. The molecule has 3 amide bonds. The third-order valence-electron chi connectivity index (χ3n) is 6.36. The smallest absolute Gasteiger partial charge is 0.326 e. The zero-order valence-electron chi connectivity index (χ0n) is 22.3. The SMILES string of the molecule is CSCCC(NC(=O)C(N)C(C)O)C(=O)NC(CCCCN)C(=O)NC(Cc1c[nH]c2ccccc12)C(=O)O. The second-order valence-electron chi connectivity index (χ2n) is 9.42. The van der Waals surface area contributed by atoms with E-state index < -0.39 is 54.0 Å². The van der Waals surface area contributed by atoms with Crippen LogP contribution in [0.2, 0.25) is 0 Å². The average Bonchev–Trinajstić information content (AvgIpc) is 3.31. The summed E-state index contributed by atoms with van der Waals surface area (Å²) in [6.45, 7) is 1.76. The molecular weight excluding hydrogens is 524 g/mol. The van der Waals surface area contributed by atoms with Crippen LogP contribution in [-0.2, 0) is 25.6 Å². The van der Waals surface area contributed by atoms with Crippen LogP contribution in [0.25, 0.3) is 10.9 Å². The summed E-state index contributed by atoms with van der Waals surface area (Å²) in [5, 5.41) is 28.1. The number of nitrogens with one attached hydrogen (secondary N) is 4. The number of hydrogen-bond donors (Lipinski definition) is 8. The van der Waals surface area contributed by atoms with Crippen LogP contribution in [0.3, 0.4) is 0 Å². The first-order valence-corrected chi connectivity index (χ1v) is 14.3. The number of carbonyl (C=O) groups excluding carboxylic acids is 3. The number of aromatic nitrogens is 1. The summed E-state index contributed by atoms with van der Waals surface area (Å²) in [6.07, 6.45) is 4.10. The Morgan fingerprint density at radius 3 is 2.21 bits per heavy atom. The molecule has 0 saturated heterocycles. The molecule has 2 rings (SSSR count). The van der Waals surface area contributed by atoms with Crippen molar-refractivity contribution in [3.8, 4) is 0 Å². The Kier molecular flexibility index (Phi) is 13.2. The molecule has 0 aliphatic heterocycles. The van der Waals surface area contributed by atoms with Gasteiger partial charge in [-0.1, -0.05) is 18.2 Å². The lowest BCUT2D eigenvalue weighted by Crippen LogP contribution is -2.58. The second kappa shape index (κ2) is 16.1. The zero-order chi connectivity index (χ0) is 28.9. The molecule has 1 heterocycles. The monoisotopic (exact) mass is 564 g/mol. The fraction of sp³-hybridized carbons (Fsp3) is 0.538. The Hall–Kier alpha value is -3.13. The standard InChI is InChI=1S/C26H40N6O6S/c1-15(33)22(28)25(36)31-20(10-12-39-2)24(35)30-19(9-5-6-11-27)23(34)32-21(26(37)38)13-16-14-29-18-8-4-3-7-17(16)18/h3-4,7-8,14-15,19-22,29,33H,5-6,9-13,27-28H2,1-2H3,(H,30,35)(H,31,36)(H,32,34)(H,37,38). The minimum Gasteiger partial charge on any atom is -0.480 e. The molecule has 13 heteroatoms. The van der Waals surface area contributed by atoms with E-state index in [1.165, 1.54) is 18.7 Å². The molecule has 12 nitrogen and oxygen atoms in total. The van der Waals surface area contributed by atoms with E-state index in [2.05, 4.69) is 20.9 Å². The first-order chi connectivity index (χ1) is 18.6. The quantitative estimate of drug-likeness (QED) is 0.120. The number of benzene rings is 1. The molecular formula is C26H40N6O6S. The molecule has 0 fully saturated rings. The number of aliphatic hydroxyl groups excluding tert-OH is 1.